The van der Waals surface area contributed by atoms with E-state index in [-0.39, 0.29) is 0 Å². The molecule has 0 aromatic carbocycles. The van der Waals surface area contributed by atoms with Gasteiger partial charge >= 0.3 is 0 Å². The van der Waals surface area contributed by atoms with Crippen molar-refractivity contribution in [3.63, 3.8) is 0 Å². The number of carbonyl (C=O) groups is 1. The lowest BCUT2D eigenvalue weighted by Crippen LogP contribution is -2.43. The monoisotopic (exact) mass is 181 g/mol. The smallest absolute Gasteiger partial charge is 0.194 e. The van der Waals surface area contributed by atoms with Gasteiger partial charge in [0.15, 0.2) is 5.78 Å². The standard InChI is InChI=1S/C6H12O6/c7-1-3(9)5(11)6(12)4(10)2-8/h3-5,7-11H,1-2H2/t3-,4+,5-/m1/s1/i1+1. The fourth-order valence-corrected chi connectivity index (χ4v) is 0.577. The molecule has 0 fully saturated rings. The normalized spacial score (nSPS) is 18.4. The van der Waals surface area contributed by atoms with Crippen LogP contribution in [-0.2, 0) is 4.79 Å². The Kier molecular flexibility index (Phi) is 4.95. The van der Waals surface area contributed by atoms with E-state index in [1.54, 1.807) is 0 Å². The van der Waals surface area contributed by atoms with Crippen molar-refractivity contribution >= 4 is 5.78 Å². The lowest BCUT2D eigenvalue weighted by atomic mass is 10.1. The third kappa shape index (κ3) is 2.84. The number of hydrogen-bond donors (Lipinski definition) is 5. The van der Waals surface area contributed by atoms with Crippen LogP contribution in [0.25, 0.3) is 0 Å². The van der Waals surface area contributed by atoms with Crippen LogP contribution in [0.2, 0.25) is 0 Å². The molecule has 12 heavy (non-hydrogen) atoms. The van der Waals surface area contributed by atoms with Crippen LogP contribution in [-0.4, -0.2) is 62.8 Å². The minimum atomic E-state index is -1.86. The summed E-state index contributed by atoms with van der Waals surface area (Å²) < 4.78 is 0. The molecule has 6 heteroatoms. The summed E-state index contributed by atoms with van der Waals surface area (Å²) in [5, 5.41) is 42.9. The van der Waals surface area contributed by atoms with Crippen molar-refractivity contribution in [2.75, 3.05) is 13.2 Å². The molecule has 0 radical (unpaired) electrons. The first-order valence-electron chi connectivity index (χ1n) is 3.34. The lowest BCUT2D eigenvalue weighted by molar-refractivity contribution is -0.144. The minimum absolute atomic E-state index is 0.787. The van der Waals surface area contributed by atoms with Gasteiger partial charge in [-0.2, -0.15) is 0 Å². The Morgan fingerprint density at radius 3 is 1.92 bits per heavy atom. The number of aliphatic hydroxyl groups excluding tert-OH is 5. The first kappa shape index (κ1) is 11.5. The molecule has 3 atom stereocenters. The Morgan fingerprint density at radius 1 is 1.08 bits per heavy atom. The number of carbonyl (C=O) groups excluding carboxylic acids is 1. The summed E-state index contributed by atoms with van der Waals surface area (Å²) in [6, 6.07) is 0. The van der Waals surface area contributed by atoms with E-state index >= 15 is 0 Å². The molecule has 0 rings (SSSR count). The van der Waals surface area contributed by atoms with E-state index in [0.717, 1.165) is 0 Å². The second kappa shape index (κ2) is 5.18. The molecular weight excluding hydrogens is 169 g/mol. The number of aliphatic hydroxyl groups is 5. The van der Waals surface area contributed by atoms with Crippen LogP contribution in [0.3, 0.4) is 0 Å². The second-order valence-corrected chi connectivity index (χ2v) is 2.30. The second-order valence-electron chi connectivity index (χ2n) is 2.30. The van der Waals surface area contributed by atoms with Gasteiger partial charge in [-0.3, -0.25) is 4.79 Å². The SMILES string of the molecule is O=C([C@@H](O)CO)[C@H](O)[C@H](O)[13CH2]O. The Morgan fingerprint density at radius 2 is 1.58 bits per heavy atom. The molecule has 72 valence electrons. The van der Waals surface area contributed by atoms with E-state index in [1.165, 1.54) is 0 Å². The Labute approximate surface area is 68.7 Å². The maximum Gasteiger partial charge on any atom is 0.194 e. The molecule has 0 aliphatic carbocycles. The van der Waals surface area contributed by atoms with E-state index in [0.29, 0.717) is 0 Å². The summed E-state index contributed by atoms with van der Waals surface area (Å²) in [4.78, 5) is 10.7. The van der Waals surface area contributed by atoms with Gasteiger partial charge in [-0.1, -0.05) is 0 Å². The molecule has 5 N–H and O–H groups in total. The summed E-state index contributed by atoms with van der Waals surface area (Å²) in [7, 11) is 0. The van der Waals surface area contributed by atoms with Crippen LogP contribution in [0.5, 0.6) is 0 Å². The van der Waals surface area contributed by atoms with Crippen molar-refractivity contribution in [1.82, 2.24) is 0 Å². The molecule has 0 aliphatic rings. The zero-order valence-electron chi connectivity index (χ0n) is 6.29. The maximum absolute atomic E-state index is 10.7. The molecular formula is C6H12O6. The number of Topliss-reactive ketones (excluding diaryl/α,β-unsaturated/α-hetero) is 1. The Hall–Kier alpha value is -0.530. The van der Waals surface area contributed by atoms with Gasteiger partial charge in [0.1, 0.15) is 18.3 Å². The first-order chi connectivity index (χ1) is 5.54. The van der Waals surface area contributed by atoms with Crippen molar-refractivity contribution in [2.24, 2.45) is 0 Å². The van der Waals surface area contributed by atoms with Crippen molar-refractivity contribution in [2.45, 2.75) is 18.3 Å². The van der Waals surface area contributed by atoms with Gasteiger partial charge in [-0.15, -0.1) is 0 Å². The zero-order valence-corrected chi connectivity index (χ0v) is 6.29. The molecule has 0 unspecified atom stereocenters. The summed E-state index contributed by atoms with van der Waals surface area (Å²) in [6.45, 7) is -1.61. The van der Waals surface area contributed by atoms with Gasteiger partial charge < -0.3 is 25.5 Å². The predicted octanol–water partition coefficient (Wildman–Crippen LogP) is -3.38. The number of hydrogen-bond acceptors (Lipinski definition) is 6. The highest BCUT2D eigenvalue weighted by atomic mass is 16.4. The van der Waals surface area contributed by atoms with Gasteiger partial charge in [0.05, 0.1) is 13.2 Å². The Balaban J connectivity index is 4.09. The highest BCUT2D eigenvalue weighted by molar-refractivity contribution is 5.87. The van der Waals surface area contributed by atoms with Gasteiger partial charge in [-0.25, -0.2) is 0 Å². The Bertz CT molecular complexity index is 147. The van der Waals surface area contributed by atoms with Crippen LogP contribution in [0.15, 0.2) is 0 Å². The fourth-order valence-electron chi connectivity index (χ4n) is 0.577. The molecule has 0 bridgehead atoms. The highest BCUT2D eigenvalue weighted by Crippen LogP contribution is 1.98. The van der Waals surface area contributed by atoms with E-state index in [1.807, 2.05) is 0 Å². The van der Waals surface area contributed by atoms with Crippen LogP contribution in [0.1, 0.15) is 0 Å². The highest BCUT2D eigenvalue weighted by Gasteiger charge is 2.28. The largest absolute Gasteiger partial charge is 0.394 e. The molecule has 0 heterocycles. The lowest BCUT2D eigenvalue weighted by Gasteiger charge is -2.16. The zero-order chi connectivity index (χ0) is 9.72. The van der Waals surface area contributed by atoms with E-state index in [2.05, 4.69) is 0 Å². The van der Waals surface area contributed by atoms with Crippen LogP contribution in [0.4, 0.5) is 0 Å². The third-order valence-corrected chi connectivity index (χ3v) is 1.34. The molecule has 0 saturated heterocycles. The van der Waals surface area contributed by atoms with Crippen molar-refractivity contribution < 1.29 is 30.3 Å². The van der Waals surface area contributed by atoms with Crippen LogP contribution in [0, 0.1) is 0 Å². The van der Waals surface area contributed by atoms with Crippen LogP contribution >= 0.6 is 0 Å². The molecule has 0 aliphatic heterocycles. The van der Waals surface area contributed by atoms with Crippen molar-refractivity contribution in [1.29, 1.82) is 0 Å². The number of ketones is 1. The van der Waals surface area contributed by atoms with Gasteiger partial charge in [-0.05, 0) is 0 Å². The summed E-state index contributed by atoms with van der Waals surface area (Å²) in [6.07, 6.45) is -5.21. The third-order valence-electron chi connectivity index (χ3n) is 1.34. The van der Waals surface area contributed by atoms with Crippen molar-refractivity contribution in [3.8, 4) is 0 Å². The maximum atomic E-state index is 10.7. The average Bonchev–Trinajstić information content (AvgIpc) is 2.12. The topological polar surface area (TPSA) is 118 Å². The molecule has 6 nitrogen and oxygen atoms in total. The van der Waals surface area contributed by atoms with E-state index < -0.39 is 37.3 Å². The summed E-state index contributed by atoms with van der Waals surface area (Å²) in [5.74, 6) is -1.11. The van der Waals surface area contributed by atoms with Gasteiger partial charge in [0.2, 0.25) is 0 Å². The summed E-state index contributed by atoms with van der Waals surface area (Å²) in [5.41, 5.74) is 0. The van der Waals surface area contributed by atoms with Gasteiger partial charge in [0.25, 0.3) is 0 Å². The van der Waals surface area contributed by atoms with Crippen molar-refractivity contribution in [3.05, 3.63) is 0 Å². The van der Waals surface area contributed by atoms with Crippen LogP contribution < -0.4 is 0 Å². The molecule has 0 aromatic rings. The average molecular weight is 181 g/mol. The predicted molar refractivity (Wildman–Crippen MR) is 37.2 cm³/mol. The molecule has 0 saturated carbocycles. The molecule has 0 amide bonds. The summed E-state index contributed by atoms with van der Waals surface area (Å²) >= 11 is 0. The first-order valence-corrected chi connectivity index (χ1v) is 3.34. The van der Waals surface area contributed by atoms with E-state index in [4.69, 9.17) is 25.5 Å². The minimum Gasteiger partial charge on any atom is -0.394 e. The van der Waals surface area contributed by atoms with Gasteiger partial charge in [0, 0.05) is 0 Å². The number of rotatable bonds is 5. The quantitative estimate of drug-likeness (QED) is 0.282. The molecule has 0 aromatic heterocycles. The molecule has 0 spiro atoms. The van der Waals surface area contributed by atoms with E-state index in [9.17, 15) is 4.79 Å². The fraction of sp³-hybridized carbons (Fsp3) is 0.833.